The first kappa shape index (κ1) is 15.2. The fourth-order valence-corrected chi connectivity index (χ4v) is 3.59. The van der Waals surface area contributed by atoms with Crippen molar-refractivity contribution in [2.45, 2.75) is 51.0 Å². The highest BCUT2D eigenvalue weighted by molar-refractivity contribution is 5.78. The number of ether oxygens (including phenoxy) is 1. The third-order valence-corrected chi connectivity index (χ3v) is 4.81. The lowest BCUT2D eigenvalue weighted by Crippen LogP contribution is -2.37. The quantitative estimate of drug-likeness (QED) is 0.498. The van der Waals surface area contributed by atoms with Gasteiger partial charge in [-0.25, -0.2) is 0 Å². The molecule has 2 aliphatic rings. The Morgan fingerprint density at radius 3 is 2.91 bits per heavy atom. The van der Waals surface area contributed by atoms with E-state index in [9.17, 15) is 0 Å². The number of nitrogens with one attached hydrogen (secondary N) is 1. The third kappa shape index (κ3) is 3.93. The lowest BCUT2D eigenvalue weighted by Gasteiger charge is -2.26. The second kappa shape index (κ2) is 7.52. The summed E-state index contributed by atoms with van der Waals surface area (Å²) < 4.78 is 5.67. The average Bonchev–Trinajstić information content (AvgIpc) is 3.05. The van der Waals surface area contributed by atoms with Gasteiger partial charge in [-0.1, -0.05) is 43.9 Å². The van der Waals surface area contributed by atoms with Gasteiger partial charge in [-0.05, 0) is 24.8 Å². The first-order chi connectivity index (χ1) is 10.8. The standard InChI is InChI=1S/C18H27N3O/c19-18(20-12-5-8-14-6-1-2-7-14)21-16-11-13-22-17-10-4-3-9-15(16)17/h3-4,9-10,14,16H,1-2,5-8,11-13H2,(H3,19,20,21). The normalized spacial score (nSPS) is 22.2. The highest BCUT2D eigenvalue weighted by Crippen LogP contribution is 2.31. The maximum atomic E-state index is 6.05. The number of fused-ring (bicyclic) bond motifs is 1. The molecule has 0 aromatic heterocycles. The molecule has 120 valence electrons. The second-order valence-corrected chi connectivity index (χ2v) is 6.43. The summed E-state index contributed by atoms with van der Waals surface area (Å²) in [5.74, 6) is 2.46. The third-order valence-electron chi connectivity index (χ3n) is 4.81. The van der Waals surface area contributed by atoms with Gasteiger partial charge in [-0.15, -0.1) is 0 Å². The summed E-state index contributed by atoms with van der Waals surface area (Å²) in [6, 6.07) is 8.36. The molecule has 1 atom stereocenters. The van der Waals surface area contributed by atoms with Crippen molar-refractivity contribution in [1.82, 2.24) is 5.32 Å². The molecule has 3 rings (SSSR count). The second-order valence-electron chi connectivity index (χ2n) is 6.43. The molecule has 0 radical (unpaired) electrons. The first-order valence-corrected chi connectivity index (χ1v) is 8.61. The minimum atomic E-state index is 0.212. The van der Waals surface area contributed by atoms with Gasteiger partial charge in [-0.2, -0.15) is 0 Å². The van der Waals surface area contributed by atoms with Gasteiger partial charge in [0.05, 0.1) is 12.6 Å². The number of nitrogens with zero attached hydrogens (tertiary/aromatic N) is 1. The van der Waals surface area contributed by atoms with E-state index >= 15 is 0 Å². The molecular formula is C18H27N3O. The predicted octanol–water partition coefficient (Wildman–Crippen LogP) is 3.38. The van der Waals surface area contributed by atoms with Crippen molar-refractivity contribution >= 4 is 5.96 Å². The van der Waals surface area contributed by atoms with E-state index in [1.807, 2.05) is 18.2 Å². The SMILES string of the molecule is NC(=NCCCC1CCCC1)NC1CCOc2ccccc21. The zero-order valence-electron chi connectivity index (χ0n) is 13.3. The van der Waals surface area contributed by atoms with Crippen molar-refractivity contribution in [2.75, 3.05) is 13.2 Å². The van der Waals surface area contributed by atoms with E-state index in [2.05, 4.69) is 16.4 Å². The van der Waals surface area contributed by atoms with Crippen LogP contribution >= 0.6 is 0 Å². The summed E-state index contributed by atoms with van der Waals surface area (Å²) >= 11 is 0. The Balaban J connectivity index is 1.47. The van der Waals surface area contributed by atoms with E-state index in [4.69, 9.17) is 10.5 Å². The molecule has 3 N–H and O–H groups in total. The number of guanidine groups is 1. The number of aliphatic imine (C=N–C) groups is 1. The van der Waals surface area contributed by atoms with Crippen LogP contribution in [-0.4, -0.2) is 19.1 Å². The topological polar surface area (TPSA) is 59.6 Å². The summed E-state index contributed by atoms with van der Waals surface area (Å²) in [5.41, 5.74) is 7.23. The zero-order chi connectivity index (χ0) is 15.2. The van der Waals surface area contributed by atoms with E-state index in [1.165, 1.54) is 37.7 Å². The van der Waals surface area contributed by atoms with Gasteiger partial charge in [0, 0.05) is 18.5 Å². The highest BCUT2D eigenvalue weighted by atomic mass is 16.5. The van der Waals surface area contributed by atoms with Gasteiger partial charge in [0.25, 0.3) is 0 Å². The minimum Gasteiger partial charge on any atom is -0.493 e. The molecule has 1 unspecified atom stereocenters. The summed E-state index contributed by atoms with van der Waals surface area (Å²) in [5, 5.41) is 3.35. The molecule has 1 heterocycles. The van der Waals surface area contributed by atoms with Gasteiger partial charge in [0.15, 0.2) is 5.96 Å². The fourth-order valence-electron chi connectivity index (χ4n) is 3.59. The monoisotopic (exact) mass is 301 g/mol. The van der Waals surface area contributed by atoms with Crippen LogP contribution in [0, 0.1) is 5.92 Å². The van der Waals surface area contributed by atoms with Crippen LogP contribution in [0.15, 0.2) is 29.3 Å². The van der Waals surface area contributed by atoms with Gasteiger partial charge in [0.1, 0.15) is 5.75 Å². The molecule has 0 spiro atoms. The lowest BCUT2D eigenvalue weighted by molar-refractivity contribution is 0.262. The van der Waals surface area contributed by atoms with E-state index in [1.54, 1.807) is 0 Å². The first-order valence-electron chi connectivity index (χ1n) is 8.61. The van der Waals surface area contributed by atoms with Crippen LogP contribution in [0.4, 0.5) is 0 Å². The molecule has 0 amide bonds. The summed E-state index contributed by atoms with van der Waals surface area (Å²) in [6.07, 6.45) is 9.04. The Bertz CT molecular complexity index is 509. The molecule has 1 aromatic carbocycles. The van der Waals surface area contributed by atoms with Crippen LogP contribution in [-0.2, 0) is 0 Å². The molecule has 4 nitrogen and oxygen atoms in total. The van der Waals surface area contributed by atoms with Crippen LogP contribution in [0.1, 0.15) is 56.6 Å². The van der Waals surface area contributed by atoms with Crippen molar-refractivity contribution < 1.29 is 4.74 Å². The maximum absolute atomic E-state index is 6.05. The van der Waals surface area contributed by atoms with Crippen molar-refractivity contribution in [3.8, 4) is 5.75 Å². The zero-order valence-corrected chi connectivity index (χ0v) is 13.3. The molecule has 1 aliphatic carbocycles. The van der Waals surface area contributed by atoms with Gasteiger partial charge in [-0.3, -0.25) is 4.99 Å². The Hall–Kier alpha value is -1.71. The minimum absolute atomic E-state index is 0.212. The Morgan fingerprint density at radius 1 is 1.23 bits per heavy atom. The van der Waals surface area contributed by atoms with Crippen LogP contribution in [0.25, 0.3) is 0 Å². The number of rotatable bonds is 5. The lowest BCUT2D eigenvalue weighted by atomic mass is 10.0. The number of para-hydroxylation sites is 1. The molecule has 1 aromatic rings. The van der Waals surface area contributed by atoms with Crippen molar-refractivity contribution in [1.29, 1.82) is 0 Å². The largest absolute Gasteiger partial charge is 0.493 e. The molecule has 4 heteroatoms. The summed E-state index contributed by atoms with van der Waals surface area (Å²) in [7, 11) is 0. The number of hydrogen-bond acceptors (Lipinski definition) is 2. The van der Waals surface area contributed by atoms with Crippen LogP contribution in [0.3, 0.4) is 0 Å². The number of nitrogens with two attached hydrogens (primary N) is 1. The van der Waals surface area contributed by atoms with Crippen molar-refractivity contribution in [3.05, 3.63) is 29.8 Å². The number of hydrogen-bond donors (Lipinski definition) is 2. The Morgan fingerprint density at radius 2 is 2.05 bits per heavy atom. The van der Waals surface area contributed by atoms with Gasteiger partial charge in [0.2, 0.25) is 0 Å². The van der Waals surface area contributed by atoms with Crippen LogP contribution in [0.2, 0.25) is 0 Å². The fraction of sp³-hybridized carbons (Fsp3) is 0.611. The average molecular weight is 301 g/mol. The van der Waals surface area contributed by atoms with E-state index in [0.29, 0.717) is 5.96 Å². The van der Waals surface area contributed by atoms with Crippen molar-refractivity contribution in [3.63, 3.8) is 0 Å². The van der Waals surface area contributed by atoms with Crippen LogP contribution in [0.5, 0.6) is 5.75 Å². The molecular weight excluding hydrogens is 274 g/mol. The predicted molar refractivity (Wildman–Crippen MR) is 90.1 cm³/mol. The van der Waals surface area contributed by atoms with Gasteiger partial charge >= 0.3 is 0 Å². The summed E-state index contributed by atoms with van der Waals surface area (Å²) in [6.45, 7) is 1.56. The Labute approximate surface area is 133 Å². The Kier molecular flexibility index (Phi) is 5.20. The van der Waals surface area contributed by atoms with Gasteiger partial charge < -0.3 is 15.8 Å². The molecule has 1 aliphatic heterocycles. The molecule has 1 fully saturated rings. The highest BCUT2D eigenvalue weighted by Gasteiger charge is 2.21. The molecule has 22 heavy (non-hydrogen) atoms. The number of benzene rings is 1. The van der Waals surface area contributed by atoms with E-state index in [0.717, 1.165) is 37.7 Å². The molecule has 0 saturated heterocycles. The maximum Gasteiger partial charge on any atom is 0.189 e. The molecule has 1 saturated carbocycles. The summed E-state index contributed by atoms with van der Waals surface area (Å²) in [4.78, 5) is 4.49. The molecule has 0 bridgehead atoms. The van der Waals surface area contributed by atoms with Crippen molar-refractivity contribution in [2.24, 2.45) is 16.6 Å². The van der Waals surface area contributed by atoms with E-state index in [-0.39, 0.29) is 6.04 Å². The smallest absolute Gasteiger partial charge is 0.189 e. The van der Waals surface area contributed by atoms with E-state index < -0.39 is 0 Å². The van der Waals surface area contributed by atoms with Crippen LogP contribution < -0.4 is 15.8 Å².